The summed E-state index contributed by atoms with van der Waals surface area (Å²) in [5.74, 6) is -0.622. The number of carbonyl (C=O) groups is 3. The lowest BCUT2D eigenvalue weighted by Gasteiger charge is -2.31. The zero-order valence-electron chi connectivity index (χ0n) is 21.9. The summed E-state index contributed by atoms with van der Waals surface area (Å²) in [5.41, 5.74) is 0.658. The number of phenolic OH excluding ortho intramolecular Hbond substituents is 1. The Kier molecular flexibility index (Phi) is 10.8. The molecule has 2 unspecified atom stereocenters. The summed E-state index contributed by atoms with van der Waals surface area (Å²) in [6.07, 6.45) is 2.31. The summed E-state index contributed by atoms with van der Waals surface area (Å²) in [4.78, 5) is 40.9. The van der Waals surface area contributed by atoms with Crippen molar-refractivity contribution in [1.29, 1.82) is 0 Å². The van der Waals surface area contributed by atoms with Crippen molar-refractivity contribution >= 4 is 17.9 Å². The monoisotopic (exact) mass is 497 g/mol. The Labute approximate surface area is 214 Å². The molecule has 0 fully saturated rings. The van der Waals surface area contributed by atoms with Gasteiger partial charge in [0.2, 0.25) is 11.8 Å². The minimum atomic E-state index is -0.992. The van der Waals surface area contributed by atoms with Crippen LogP contribution in [0.3, 0.4) is 0 Å². The third kappa shape index (κ3) is 9.24. The van der Waals surface area contributed by atoms with Crippen molar-refractivity contribution in [2.45, 2.75) is 71.1 Å². The van der Waals surface area contributed by atoms with Crippen LogP contribution in [0.4, 0.5) is 4.79 Å². The van der Waals surface area contributed by atoms with Gasteiger partial charge in [0, 0.05) is 20.0 Å². The third-order valence-electron chi connectivity index (χ3n) is 5.54. The lowest BCUT2D eigenvalue weighted by atomic mass is 10.0. The first-order valence-electron chi connectivity index (χ1n) is 12.4. The van der Waals surface area contributed by atoms with E-state index in [1.165, 1.54) is 17.0 Å². The Morgan fingerprint density at radius 3 is 2.22 bits per heavy atom. The normalized spacial score (nSPS) is 12.8. The number of ether oxygens (including phenoxy) is 1. The van der Waals surface area contributed by atoms with Crippen molar-refractivity contribution in [2.24, 2.45) is 0 Å². The van der Waals surface area contributed by atoms with E-state index in [0.717, 1.165) is 24.8 Å². The first-order valence-corrected chi connectivity index (χ1v) is 12.4. The van der Waals surface area contributed by atoms with Gasteiger partial charge in [0.1, 0.15) is 23.4 Å². The van der Waals surface area contributed by atoms with E-state index < -0.39 is 29.7 Å². The number of alkyl carbamates (subject to hydrolysis) is 1. The Bertz CT molecular complexity index is 986. The van der Waals surface area contributed by atoms with Crippen molar-refractivity contribution in [2.75, 3.05) is 13.6 Å². The molecule has 0 saturated heterocycles. The molecular weight excluding hydrogens is 458 g/mol. The topological polar surface area (TPSA) is 108 Å². The van der Waals surface area contributed by atoms with Gasteiger partial charge in [-0.3, -0.25) is 9.59 Å². The van der Waals surface area contributed by atoms with E-state index in [2.05, 4.69) is 17.6 Å². The molecule has 36 heavy (non-hydrogen) atoms. The zero-order chi connectivity index (χ0) is 26.7. The van der Waals surface area contributed by atoms with Crippen LogP contribution in [0.25, 0.3) is 0 Å². The van der Waals surface area contributed by atoms with E-state index in [1.54, 1.807) is 52.1 Å². The van der Waals surface area contributed by atoms with Gasteiger partial charge in [0.25, 0.3) is 0 Å². The first-order chi connectivity index (χ1) is 17.0. The van der Waals surface area contributed by atoms with Crippen LogP contribution in [0, 0.1) is 0 Å². The Balaban J connectivity index is 2.31. The molecule has 0 radical (unpaired) electrons. The molecule has 0 aromatic heterocycles. The average Bonchev–Trinajstić information content (AvgIpc) is 2.82. The van der Waals surface area contributed by atoms with Crippen molar-refractivity contribution in [3.63, 3.8) is 0 Å². The number of carbonyl (C=O) groups excluding carboxylic acids is 3. The molecule has 0 aliphatic rings. The number of hydrogen-bond acceptors (Lipinski definition) is 5. The average molecular weight is 498 g/mol. The number of unbranched alkanes of at least 4 members (excludes halogenated alkanes) is 2. The Hall–Kier alpha value is -3.55. The molecule has 0 saturated carbocycles. The number of likely N-dealkylation sites (N-methyl/N-ethyl adjacent to an activating group) is 1. The Morgan fingerprint density at radius 2 is 1.64 bits per heavy atom. The van der Waals surface area contributed by atoms with Gasteiger partial charge in [0.05, 0.1) is 0 Å². The maximum Gasteiger partial charge on any atom is 0.408 e. The molecule has 0 aliphatic heterocycles. The fourth-order valence-corrected chi connectivity index (χ4v) is 3.76. The molecule has 2 aromatic rings. The fourth-order valence-electron chi connectivity index (χ4n) is 3.76. The smallest absolute Gasteiger partial charge is 0.408 e. The molecule has 196 valence electrons. The van der Waals surface area contributed by atoms with Crippen LogP contribution in [0.5, 0.6) is 5.75 Å². The summed E-state index contributed by atoms with van der Waals surface area (Å²) in [7, 11) is 1.56. The molecule has 3 N–H and O–H groups in total. The quantitative estimate of drug-likeness (QED) is 0.401. The molecule has 0 spiro atoms. The van der Waals surface area contributed by atoms with Gasteiger partial charge in [-0.1, -0.05) is 62.2 Å². The van der Waals surface area contributed by atoms with Gasteiger partial charge in [-0.2, -0.15) is 0 Å². The number of aromatic hydroxyl groups is 1. The lowest BCUT2D eigenvalue weighted by Crippen LogP contribution is -2.52. The molecule has 2 rings (SSSR count). The molecule has 2 aromatic carbocycles. The maximum atomic E-state index is 13.7. The third-order valence-corrected chi connectivity index (χ3v) is 5.54. The Morgan fingerprint density at radius 1 is 1.00 bits per heavy atom. The standard InChI is InChI=1S/C28H39N3O5/c1-6-7-11-18-29-25(33)24(21-12-9-8-10-13-21)31(5)26(34)23(30-27(35)36-28(2,3)4)19-20-14-16-22(32)17-15-20/h8-10,12-17,23-24,32H,6-7,11,18-19H2,1-5H3,(H,29,33)(H,30,35). The summed E-state index contributed by atoms with van der Waals surface area (Å²) < 4.78 is 5.38. The summed E-state index contributed by atoms with van der Waals surface area (Å²) in [5, 5.41) is 15.2. The highest BCUT2D eigenvalue weighted by molar-refractivity contribution is 5.92. The minimum Gasteiger partial charge on any atom is -0.508 e. The van der Waals surface area contributed by atoms with E-state index in [1.807, 2.05) is 18.2 Å². The van der Waals surface area contributed by atoms with Crippen LogP contribution >= 0.6 is 0 Å². The SMILES string of the molecule is CCCCCNC(=O)C(c1ccccc1)N(C)C(=O)C(Cc1ccc(O)cc1)NC(=O)OC(C)(C)C. The van der Waals surface area contributed by atoms with Crippen LogP contribution in [0.15, 0.2) is 54.6 Å². The minimum absolute atomic E-state index is 0.0998. The van der Waals surface area contributed by atoms with E-state index in [9.17, 15) is 19.5 Å². The van der Waals surface area contributed by atoms with Crippen LogP contribution in [-0.2, 0) is 20.7 Å². The van der Waals surface area contributed by atoms with Gasteiger partial charge in [-0.15, -0.1) is 0 Å². The van der Waals surface area contributed by atoms with E-state index >= 15 is 0 Å². The summed E-state index contributed by atoms with van der Waals surface area (Å²) in [6.45, 7) is 7.83. The van der Waals surface area contributed by atoms with E-state index in [-0.39, 0.29) is 18.1 Å². The lowest BCUT2D eigenvalue weighted by molar-refractivity contribution is -0.140. The maximum absolute atomic E-state index is 13.7. The van der Waals surface area contributed by atoms with Crippen LogP contribution in [0.2, 0.25) is 0 Å². The zero-order valence-corrected chi connectivity index (χ0v) is 21.9. The number of nitrogens with one attached hydrogen (secondary N) is 2. The van der Waals surface area contributed by atoms with Crippen molar-refractivity contribution < 1.29 is 24.2 Å². The second-order valence-corrected chi connectivity index (χ2v) is 9.83. The number of amides is 3. The molecule has 8 heteroatoms. The second-order valence-electron chi connectivity index (χ2n) is 9.83. The van der Waals surface area contributed by atoms with Crippen LogP contribution < -0.4 is 10.6 Å². The van der Waals surface area contributed by atoms with E-state index in [0.29, 0.717) is 12.1 Å². The predicted molar refractivity (Wildman–Crippen MR) is 139 cm³/mol. The molecular formula is C28H39N3O5. The number of nitrogens with zero attached hydrogens (tertiary/aromatic N) is 1. The molecule has 0 bridgehead atoms. The van der Waals surface area contributed by atoms with Crippen LogP contribution in [-0.4, -0.2) is 53.1 Å². The molecule has 3 amide bonds. The summed E-state index contributed by atoms with van der Waals surface area (Å²) in [6, 6.07) is 13.6. The van der Waals surface area contributed by atoms with Gasteiger partial charge >= 0.3 is 6.09 Å². The molecule has 0 aliphatic carbocycles. The van der Waals surface area contributed by atoms with Gasteiger partial charge < -0.3 is 25.4 Å². The second kappa shape index (κ2) is 13.5. The highest BCUT2D eigenvalue weighted by Crippen LogP contribution is 2.22. The highest BCUT2D eigenvalue weighted by atomic mass is 16.6. The van der Waals surface area contributed by atoms with Crippen molar-refractivity contribution in [1.82, 2.24) is 15.5 Å². The van der Waals surface area contributed by atoms with Gasteiger partial charge in [0.15, 0.2) is 0 Å². The predicted octanol–water partition coefficient (Wildman–Crippen LogP) is 4.33. The molecule has 0 heterocycles. The fraction of sp³-hybridized carbons (Fsp3) is 0.464. The first kappa shape index (κ1) is 28.7. The highest BCUT2D eigenvalue weighted by Gasteiger charge is 2.34. The number of rotatable bonds is 11. The van der Waals surface area contributed by atoms with Crippen molar-refractivity contribution in [3.05, 3.63) is 65.7 Å². The molecule has 8 nitrogen and oxygen atoms in total. The van der Waals surface area contributed by atoms with Crippen molar-refractivity contribution in [3.8, 4) is 5.75 Å². The molecule has 2 atom stereocenters. The van der Waals surface area contributed by atoms with E-state index in [4.69, 9.17) is 4.74 Å². The number of benzene rings is 2. The van der Waals surface area contributed by atoms with Gasteiger partial charge in [-0.05, 0) is 50.5 Å². The largest absolute Gasteiger partial charge is 0.508 e. The summed E-state index contributed by atoms with van der Waals surface area (Å²) >= 11 is 0. The number of phenols is 1. The van der Waals surface area contributed by atoms with Gasteiger partial charge in [-0.25, -0.2) is 4.79 Å². The number of hydrogen-bond donors (Lipinski definition) is 3. The van der Waals surface area contributed by atoms with Crippen LogP contribution in [0.1, 0.15) is 64.1 Å².